The summed E-state index contributed by atoms with van der Waals surface area (Å²) in [5.41, 5.74) is 0.929. The van der Waals surface area contributed by atoms with Gasteiger partial charge in [-0.25, -0.2) is 0 Å². The standard InChI is InChI=1S/C22H30N4O7S/c23-16-34-19-3-1-17(2-4-19)11-18-12-25(14-21(29)30)6-5-24(13-20(27)28)7-9-33-10-8-26(18)15-22(31)32/h1-4,18H,5-15H2,(H,27,28)(H,29,30)(H,31,32)/t18-/m0/s1. The lowest BCUT2D eigenvalue weighted by molar-refractivity contribution is -0.141. The van der Waals surface area contributed by atoms with E-state index in [-0.39, 0.29) is 45.4 Å². The van der Waals surface area contributed by atoms with E-state index in [9.17, 15) is 29.7 Å². The first-order chi connectivity index (χ1) is 16.3. The van der Waals surface area contributed by atoms with Crippen molar-refractivity contribution in [2.75, 3.05) is 65.6 Å². The number of nitriles is 1. The van der Waals surface area contributed by atoms with E-state index in [2.05, 4.69) is 0 Å². The summed E-state index contributed by atoms with van der Waals surface area (Å²) in [6.45, 7) is 1.57. The average molecular weight is 495 g/mol. The van der Waals surface area contributed by atoms with Gasteiger partial charge in [-0.3, -0.25) is 29.1 Å². The van der Waals surface area contributed by atoms with Gasteiger partial charge in [-0.15, -0.1) is 0 Å². The fourth-order valence-electron chi connectivity index (χ4n) is 3.84. The van der Waals surface area contributed by atoms with Crippen LogP contribution >= 0.6 is 11.8 Å². The molecule has 186 valence electrons. The molecule has 0 aromatic heterocycles. The zero-order valence-corrected chi connectivity index (χ0v) is 19.7. The van der Waals surface area contributed by atoms with Crippen LogP contribution in [0.4, 0.5) is 0 Å². The van der Waals surface area contributed by atoms with Crippen LogP contribution in [0.2, 0.25) is 0 Å². The number of thiocyanates is 1. The largest absolute Gasteiger partial charge is 0.480 e. The summed E-state index contributed by atoms with van der Waals surface area (Å²) >= 11 is 1.05. The summed E-state index contributed by atoms with van der Waals surface area (Å²) in [5.74, 6) is -2.97. The number of hydrogen-bond donors (Lipinski definition) is 3. The third-order valence-corrected chi connectivity index (χ3v) is 6.01. The van der Waals surface area contributed by atoms with E-state index in [0.29, 0.717) is 32.6 Å². The van der Waals surface area contributed by atoms with Crippen LogP contribution in [-0.4, -0.2) is 120 Å². The van der Waals surface area contributed by atoms with Crippen molar-refractivity contribution in [1.29, 1.82) is 5.26 Å². The molecule has 0 aliphatic carbocycles. The zero-order valence-electron chi connectivity index (χ0n) is 18.8. The van der Waals surface area contributed by atoms with Crippen LogP contribution in [0.3, 0.4) is 0 Å². The first kappa shape index (κ1) is 27.6. The van der Waals surface area contributed by atoms with Crippen LogP contribution in [0.15, 0.2) is 29.2 Å². The molecule has 1 aliphatic heterocycles. The first-order valence-corrected chi connectivity index (χ1v) is 11.6. The summed E-state index contributed by atoms with van der Waals surface area (Å²) in [5, 5.41) is 38.9. The topological polar surface area (TPSA) is 155 Å². The number of carboxylic acids is 3. The summed E-state index contributed by atoms with van der Waals surface area (Å²) in [7, 11) is 0. The van der Waals surface area contributed by atoms with Crippen LogP contribution in [0.5, 0.6) is 0 Å². The molecule has 11 nitrogen and oxygen atoms in total. The Labute approximate surface area is 202 Å². The Morgan fingerprint density at radius 3 is 2.12 bits per heavy atom. The summed E-state index contributed by atoms with van der Waals surface area (Å²) in [6, 6.07) is 7.08. The lowest BCUT2D eigenvalue weighted by Gasteiger charge is -2.36. The molecule has 1 aromatic carbocycles. The van der Waals surface area contributed by atoms with E-state index in [1.807, 2.05) is 29.7 Å². The molecule has 1 aliphatic rings. The van der Waals surface area contributed by atoms with Crippen LogP contribution in [0, 0.1) is 10.7 Å². The first-order valence-electron chi connectivity index (χ1n) is 10.8. The van der Waals surface area contributed by atoms with Crippen LogP contribution in [0.1, 0.15) is 5.56 Å². The van der Waals surface area contributed by atoms with Gasteiger partial charge in [0.15, 0.2) is 0 Å². The Balaban J connectivity index is 2.27. The van der Waals surface area contributed by atoms with Gasteiger partial charge >= 0.3 is 17.9 Å². The fourth-order valence-corrected chi connectivity index (χ4v) is 4.22. The van der Waals surface area contributed by atoms with E-state index in [1.165, 1.54) is 0 Å². The van der Waals surface area contributed by atoms with E-state index in [1.54, 1.807) is 14.7 Å². The highest BCUT2D eigenvalue weighted by Gasteiger charge is 2.26. The summed E-state index contributed by atoms with van der Waals surface area (Å²) in [6.07, 6.45) is 0.472. The molecule has 2 rings (SSSR count). The third-order valence-electron chi connectivity index (χ3n) is 5.41. The Hall–Kier alpha value is -2.69. The van der Waals surface area contributed by atoms with Crippen molar-refractivity contribution in [2.45, 2.75) is 17.4 Å². The molecule has 0 spiro atoms. The summed E-state index contributed by atoms with van der Waals surface area (Å²) < 4.78 is 5.65. The Kier molecular flexibility index (Phi) is 11.8. The van der Waals surface area contributed by atoms with E-state index in [4.69, 9.17) is 10.00 Å². The molecule has 0 bridgehead atoms. The minimum atomic E-state index is -1.01. The number of rotatable bonds is 9. The van der Waals surface area contributed by atoms with Gasteiger partial charge in [-0.05, 0) is 35.9 Å². The second-order valence-corrected chi connectivity index (χ2v) is 8.83. The minimum absolute atomic E-state index is 0.175. The molecule has 1 atom stereocenters. The molecule has 34 heavy (non-hydrogen) atoms. The van der Waals surface area contributed by atoms with Crippen molar-refractivity contribution >= 4 is 29.7 Å². The smallest absolute Gasteiger partial charge is 0.317 e. The van der Waals surface area contributed by atoms with Gasteiger partial charge in [-0.1, -0.05) is 12.1 Å². The van der Waals surface area contributed by atoms with E-state index in [0.717, 1.165) is 22.2 Å². The van der Waals surface area contributed by atoms with Gasteiger partial charge in [0.05, 0.1) is 32.8 Å². The minimum Gasteiger partial charge on any atom is -0.480 e. The number of ether oxygens (including phenoxy) is 1. The number of benzene rings is 1. The molecule has 1 fully saturated rings. The Morgan fingerprint density at radius 1 is 0.912 bits per heavy atom. The summed E-state index contributed by atoms with van der Waals surface area (Å²) in [4.78, 5) is 40.3. The monoisotopic (exact) mass is 494 g/mol. The van der Waals surface area contributed by atoms with Gasteiger partial charge in [0.25, 0.3) is 0 Å². The Morgan fingerprint density at radius 2 is 1.50 bits per heavy atom. The Bertz CT molecular complexity index is 862. The number of nitrogens with zero attached hydrogens (tertiary/aromatic N) is 4. The van der Waals surface area contributed by atoms with Crippen LogP contribution in [0.25, 0.3) is 0 Å². The van der Waals surface area contributed by atoms with Crippen LogP contribution < -0.4 is 0 Å². The lowest BCUT2D eigenvalue weighted by Crippen LogP contribution is -2.51. The van der Waals surface area contributed by atoms with Gasteiger partial charge in [0.2, 0.25) is 0 Å². The molecule has 1 aromatic rings. The predicted molar refractivity (Wildman–Crippen MR) is 124 cm³/mol. The molecule has 12 heteroatoms. The molecule has 0 unspecified atom stereocenters. The molecule has 0 radical (unpaired) electrons. The van der Waals surface area contributed by atoms with Crippen LogP contribution in [-0.2, 0) is 25.5 Å². The SMILES string of the molecule is N#CSc1ccc(C[C@H]2CN(CC(=O)O)CCN(CC(=O)O)CCOCCN2CC(=O)O)cc1. The number of carboxylic acid groups (broad SMARTS) is 3. The highest BCUT2D eigenvalue weighted by atomic mass is 32.2. The molecule has 0 amide bonds. The second kappa shape index (κ2) is 14.5. The van der Waals surface area contributed by atoms with Crippen molar-refractivity contribution in [2.24, 2.45) is 0 Å². The van der Waals surface area contributed by atoms with Crippen molar-refractivity contribution in [3.05, 3.63) is 29.8 Å². The van der Waals surface area contributed by atoms with Crippen molar-refractivity contribution in [3.8, 4) is 5.40 Å². The lowest BCUT2D eigenvalue weighted by atomic mass is 10.0. The van der Waals surface area contributed by atoms with E-state index >= 15 is 0 Å². The average Bonchev–Trinajstić information content (AvgIpc) is 2.75. The maximum Gasteiger partial charge on any atom is 0.317 e. The molecule has 3 N–H and O–H groups in total. The molecular weight excluding hydrogens is 464 g/mol. The van der Waals surface area contributed by atoms with Crippen molar-refractivity contribution < 1.29 is 34.4 Å². The quantitative estimate of drug-likeness (QED) is 0.321. The highest BCUT2D eigenvalue weighted by molar-refractivity contribution is 8.03. The van der Waals surface area contributed by atoms with E-state index < -0.39 is 17.9 Å². The van der Waals surface area contributed by atoms with Gasteiger partial charge in [0, 0.05) is 43.7 Å². The van der Waals surface area contributed by atoms with Crippen molar-refractivity contribution in [1.82, 2.24) is 14.7 Å². The molecule has 0 saturated carbocycles. The second-order valence-electron chi connectivity index (χ2n) is 7.97. The molecule has 1 saturated heterocycles. The van der Waals surface area contributed by atoms with Gasteiger partial charge < -0.3 is 20.1 Å². The number of hydrogen-bond acceptors (Lipinski definition) is 9. The number of carbonyl (C=O) groups is 3. The number of thioether (sulfide) groups is 1. The van der Waals surface area contributed by atoms with Gasteiger partial charge in [0.1, 0.15) is 5.40 Å². The van der Waals surface area contributed by atoms with Gasteiger partial charge in [-0.2, -0.15) is 5.26 Å². The predicted octanol–water partition coefficient (Wildman–Crippen LogP) is 0.361. The highest BCUT2D eigenvalue weighted by Crippen LogP contribution is 2.19. The molecular formula is C22H30N4O7S. The normalized spacial score (nSPS) is 19.4. The maximum absolute atomic E-state index is 11.6. The zero-order chi connectivity index (χ0) is 24.9. The maximum atomic E-state index is 11.6. The molecule has 1 heterocycles. The van der Waals surface area contributed by atoms with Crippen molar-refractivity contribution in [3.63, 3.8) is 0 Å². The number of aliphatic carboxylic acids is 3. The fraction of sp³-hybridized carbons (Fsp3) is 0.545. The third kappa shape index (κ3) is 10.5.